The number of fused-ring (bicyclic) bond motifs is 1. The Hall–Kier alpha value is -1.68. The number of hydrogen-bond donors (Lipinski definition) is 1. The van der Waals surface area contributed by atoms with Crippen LogP contribution >= 0.6 is 0 Å². The van der Waals surface area contributed by atoms with Crippen molar-refractivity contribution in [1.29, 1.82) is 0 Å². The molecule has 1 aliphatic carbocycles. The van der Waals surface area contributed by atoms with Crippen LogP contribution in [0.15, 0.2) is 24.3 Å². The standard InChI is InChI=1S/C16H20N2O2/c1-10(17)11-5-4-6-12(9-11)18-15(19)13-7-2-3-8-14(13)16(18)20/h4-6,9-10,13-14H,2-3,7-8,17H2,1H3. The van der Waals surface area contributed by atoms with E-state index < -0.39 is 0 Å². The Morgan fingerprint density at radius 3 is 2.30 bits per heavy atom. The highest BCUT2D eigenvalue weighted by Gasteiger charge is 2.48. The number of carbonyl (C=O) groups is 2. The molecule has 0 spiro atoms. The zero-order chi connectivity index (χ0) is 14.3. The van der Waals surface area contributed by atoms with E-state index in [9.17, 15) is 9.59 Å². The average molecular weight is 272 g/mol. The summed E-state index contributed by atoms with van der Waals surface area (Å²) in [7, 11) is 0. The largest absolute Gasteiger partial charge is 0.324 e. The van der Waals surface area contributed by atoms with Gasteiger partial charge in [-0.1, -0.05) is 25.0 Å². The third-order valence-corrected chi connectivity index (χ3v) is 4.50. The van der Waals surface area contributed by atoms with E-state index in [1.165, 1.54) is 4.90 Å². The molecule has 2 aliphatic rings. The van der Waals surface area contributed by atoms with Crippen LogP contribution in [-0.4, -0.2) is 11.8 Å². The Kier molecular flexibility index (Phi) is 3.34. The van der Waals surface area contributed by atoms with E-state index in [0.717, 1.165) is 31.2 Å². The van der Waals surface area contributed by atoms with Gasteiger partial charge >= 0.3 is 0 Å². The first-order valence-electron chi connectivity index (χ1n) is 7.33. The number of amides is 2. The monoisotopic (exact) mass is 272 g/mol. The summed E-state index contributed by atoms with van der Waals surface area (Å²) in [6, 6.07) is 7.35. The van der Waals surface area contributed by atoms with Gasteiger partial charge in [-0.05, 0) is 37.5 Å². The number of nitrogens with zero attached hydrogens (tertiary/aromatic N) is 1. The Bertz CT molecular complexity index is 529. The Morgan fingerprint density at radius 2 is 1.75 bits per heavy atom. The van der Waals surface area contributed by atoms with Gasteiger partial charge in [0.05, 0.1) is 17.5 Å². The number of hydrogen-bond acceptors (Lipinski definition) is 3. The highest BCUT2D eigenvalue weighted by Crippen LogP contribution is 2.40. The van der Waals surface area contributed by atoms with Crippen molar-refractivity contribution in [2.75, 3.05) is 4.90 Å². The van der Waals surface area contributed by atoms with Crippen molar-refractivity contribution in [3.63, 3.8) is 0 Å². The molecule has 2 N–H and O–H groups in total. The molecule has 0 bridgehead atoms. The van der Waals surface area contributed by atoms with Gasteiger partial charge in [-0.3, -0.25) is 14.5 Å². The van der Waals surface area contributed by atoms with Crippen LogP contribution < -0.4 is 10.6 Å². The molecule has 1 saturated carbocycles. The molecule has 1 aromatic rings. The summed E-state index contributed by atoms with van der Waals surface area (Å²) in [6.45, 7) is 1.90. The molecule has 20 heavy (non-hydrogen) atoms. The van der Waals surface area contributed by atoms with E-state index in [4.69, 9.17) is 5.73 Å². The summed E-state index contributed by atoms with van der Waals surface area (Å²) in [6.07, 6.45) is 3.79. The van der Waals surface area contributed by atoms with Crippen molar-refractivity contribution in [1.82, 2.24) is 0 Å². The predicted octanol–water partition coefficient (Wildman–Crippen LogP) is 2.39. The fourth-order valence-corrected chi connectivity index (χ4v) is 3.36. The average Bonchev–Trinajstić information content (AvgIpc) is 2.72. The fraction of sp³-hybridized carbons (Fsp3) is 0.500. The molecule has 4 nitrogen and oxygen atoms in total. The maximum atomic E-state index is 12.5. The first kappa shape index (κ1) is 13.3. The van der Waals surface area contributed by atoms with Gasteiger partial charge in [0.2, 0.25) is 11.8 Å². The molecule has 0 radical (unpaired) electrons. The third-order valence-electron chi connectivity index (χ3n) is 4.50. The minimum Gasteiger partial charge on any atom is -0.324 e. The number of carbonyl (C=O) groups excluding carboxylic acids is 2. The summed E-state index contributed by atoms with van der Waals surface area (Å²) in [5.41, 5.74) is 7.49. The molecule has 106 valence electrons. The molecular weight excluding hydrogens is 252 g/mol. The molecule has 3 unspecified atom stereocenters. The van der Waals surface area contributed by atoms with Crippen LogP contribution in [0.25, 0.3) is 0 Å². The smallest absolute Gasteiger partial charge is 0.237 e. The molecule has 3 atom stereocenters. The van der Waals surface area contributed by atoms with E-state index in [1.807, 2.05) is 31.2 Å². The van der Waals surface area contributed by atoms with E-state index in [1.54, 1.807) is 0 Å². The number of nitrogens with two attached hydrogens (primary N) is 1. The van der Waals surface area contributed by atoms with Crippen LogP contribution in [0.3, 0.4) is 0 Å². The van der Waals surface area contributed by atoms with Gasteiger partial charge in [0, 0.05) is 6.04 Å². The Balaban J connectivity index is 1.95. The second-order valence-electron chi connectivity index (χ2n) is 5.89. The zero-order valence-corrected chi connectivity index (χ0v) is 11.7. The lowest BCUT2D eigenvalue weighted by Crippen LogP contribution is -2.31. The van der Waals surface area contributed by atoms with E-state index in [2.05, 4.69) is 0 Å². The number of benzene rings is 1. The predicted molar refractivity (Wildman–Crippen MR) is 77.0 cm³/mol. The number of imide groups is 1. The minimum absolute atomic E-state index is 0.0264. The molecule has 1 aromatic carbocycles. The first-order valence-corrected chi connectivity index (χ1v) is 7.33. The molecule has 1 saturated heterocycles. The maximum Gasteiger partial charge on any atom is 0.237 e. The van der Waals surface area contributed by atoms with Gasteiger partial charge in [-0.2, -0.15) is 0 Å². The van der Waals surface area contributed by atoms with Gasteiger partial charge in [-0.25, -0.2) is 0 Å². The molecule has 1 aliphatic heterocycles. The van der Waals surface area contributed by atoms with Crippen LogP contribution in [0.5, 0.6) is 0 Å². The van der Waals surface area contributed by atoms with Crippen molar-refractivity contribution in [3.05, 3.63) is 29.8 Å². The SMILES string of the molecule is CC(N)c1cccc(N2C(=O)C3CCCCC3C2=O)c1. The number of rotatable bonds is 2. The minimum atomic E-state index is -0.106. The quantitative estimate of drug-likeness (QED) is 0.841. The molecule has 2 fully saturated rings. The second kappa shape index (κ2) is 5.02. The van der Waals surface area contributed by atoms with Gasteiger partial charge < -0.3 is 5.73 Å². The van der Waals surface area contributed by atoms with Crippen molar-refractivity contribution in [3.8, 4) is 0 Å². The normalized spacial score (nSPS) is 27.6. The summed E-state index contributed by atoms with van der Waals surface area (Å²) in [5.74, 6) is -0.256. The molecule has 2 amide bonds. The van der Waals surface area contributed by atoms with E-state index in [0.29, 0.717) is 5.69 Å². The highest BCUT2D eigenvalue weighted by molar-refractivity contribution is 6.22. The van der Waals surface area contributed by atoms with Crippen LogP contribution in [0, 0.1) is 11.8 Å². The molecular formula is C16H20N2O2. The lowest BCUT2D eigenvalue weighted by atomic mass is 9.81. The fourth-order valence-electron chi connectivity index (χ4n) is 3.36. The summed E-state index contributed by atoms with van der Waals surface area (Å²) in [5, 5.41) is 0. The zero-order valence-electron chi connectivity index (χ0n) is 11.7. The van der Waals surface area contributed by atoms with Gasteiger partial charge in [-0.15, -0.1) is 0 Å². The third kappa shape index (κ3) is 2.04. The van der Waals surface area contributed by atoms with Crippen LogP contribution in [0.2, 0.25) is 0 Å². The molecule has 4 heteroatoms. The molecule has 0 aromatic heterocycles. The maximum absolute atomic E-state index is 12.5. The van der Waals surface area contributed by atoms with Gasteiger partial charge in [0.25, 0.3) is 0 Å². The second-order valence-corrected chi connectivity index (χ2v) is 5.89. The topological polar surface area (TPSA) is 63.4 Å². The van der Waals surface area contributed by atoms with Crippen molar-refractivity contribution < 1.29 is 9.59 Å². The molecule has 1 heterocycles. The lowest BCUT2D eigenvalue weighted by Gasteiger charge is -2.19. The summed E-state index contributed by atoms with van der Waals surface area (Å²) >= 11 is 0. The Morgan fingerprint density at radius 1 is 1.15 bits per heavy atom. The van der Waals surface area contributed by atoms with Crippen LogP contribution in [0.4, 0.5) is 5.69 Å². The summed E-state index contributed by atoms with van der Waals surface area (Å²) in [4.78, 5) is 26.4. The van der Waals surface area contributed by atoms with Crippen molar-refractivity contribution >= 4 is 17.5 Å². The van der Waals surface area contributed by atoms with Gasteiger partial charge in [0.15, 0.2) is 0 Å². The lowest BCUT2D eigenvalue weighted by molar-refractivity contribution is -0.122. The van der Waals surface area contributed by atoms with Crippen molar-refractivity contribution in [2.45, 2.75) is 38.6 Å². The number of anilines is 1. The Labute approximate surface area is 118 Å². The van der Waals surface area contributed by atoms with Crippen LogP contribution in [0.1, 0.15) is 44.2 Å². The van der Waals surface area contributed by atoms with Crippen molar-refractivity contribution in [2.24, 2.45) is 17.6 Å². The van der Waals surface area contributed by atoms with E-state index >= 15 is 0 Å². The van der Waals surface area contributed by atoms with Gasteiger partial charge in [0.1, 0.15) is 0 Å². The highest BCUT2D eigenvalue weighted by atomic mass is 16.2. The van der Waals surface area contributed by atoms with E-state index in [-0.39, 0.29) is 29.7 Å². The van der Waals surface area contributed by atoms with Crippen LogP contribution in [-0.2, 0) is 9.59 Å². The summed E-state index contributed by atoms with van der Waals surface area (Å²) < 4.78 is 0. The molecule has 3 rings (SSSR count). The first-order chi connectivity index (χ1) is 9.59.